The van der Waals surface area contributed by atoms with Crippen LogP contribution < -0.4 is 10.6 Å². The number of fused-ring (bicyclic) bond motifs is 1. The lowest BCUT2D eigenvalue weighted by Gasteiger charge is -2.10. The second-order valence-electron chi connectivity index (χ2n) is 4.18. The van der Waals surface area contributed by atoms with Crippen LogP contribution in [0.3, 0.4) is 0 Å². The maximum atomic E-state index is 11.2. The molecule has 18 heavy (non-hydrogen) atoms. The summed E-state index contributed by atoms with van der Waals surface area (Å²) < 4.78 is 0. The number of pyridine rings is 1. The number of carbonyl (C=O) groups is 1. The topological polar surface area (TPSA) is 54.0 Å². The predicted octanol–water partition coefficient (Wildman–Crippen LogP) is 2.09. The number of benzene rings is 1. The van der Waals surface area contributed by atoms with E-state index < -0.39 is 0 Å². The van der Waals surface area contributed by atoms with Gasteiger partial charge in [0.1, 0.15) is 0 Å². The van der Waals surface area contributed by atoms with E-state index in [2.05, 4.69) is 15.6 Å². The van der Waals surface area contributed by atoms with Gasteiger partial charge < -0.3 is 10.6 Å². The maximum absolute atomic E-state index is 11.2. The van der Waals surface area contributed by atoms with Gasteiger partial charge in [-0.3, -0.25) is 9.78 Å². The van der Waals surface area contributed by atoms with E-state index in [-0.39, 0.29) is 5.91 Å². The van der Waals surface area contributed by atoms with Crippen LogP contribution in [0.2, 0.25) is 0 Å². The molecule has 4 heteroatoms. The zero-order chi connectivity index (χ0) is 13.0. The first-order valence-electron chi connectivity index (χ1n) is 6.01. The minimum atomic E-state index is 0.0394. The van der Waals surface area contributed by atoms with Crippen LogP contribution in [0.4, 0.5) is 5.69 Å². The molecule has 0 saturated heterocycles. The van der Waals surface area contributed by atoms with Crippen LogP contribution in [0.5, 0.6) is 0 Å². The molecule has 1 aromatic heterocycles. The van der Waals surface area contributed by atoms with Crippen molar-refractivity contribution in [3.63, 3.8) is 0 Å². The van der Waals surface area contributed by atoms with E-state index in [9.17, 15) is 4.79 Å². The van der Waals surface area contributed by atoms with Crippen molar-refractivity contribution in [2.24, 2.45) is 0 Å². The van der Waals surface area contributed by atoms with Crippen molar-refractivity contribution in [2.45, 2.75) is 13.3 Å². The zero-order valence-electron chi connectivity index (χ0n) is 10.7. The van der Waals surface area contributed by atoms with E-state index in [4.69, 9.17) is 0 Å². The lowest BCUT2D eigenvalue weighted by molar-refractivity contribution is -0.120. The second kappa shape index (κ2) is 5.49. The Balaban J connectivity index is 2.19. The summed E-state index contributed by atoms with van der Waals surface area (Å²) in [5.74, 6) is 0.0394. The summed E-state index contributed by atoms with van der Waals surface area (Å²) in [5, 5.41) is 6.98. The summed E-state index contributed by atoms with van der Waals surface area (Å²) in [6.07, 6.45) is 0.464. The van der Waals surface area contributed by atoms with E-state index >= 15 is 0 Å². The minimum absolute atomic E-state index is 0.0394. The van der Waals surface area contributed by atoms with Crippen molar-refractivity contribution in [1.82, 2.24) is 10.3 Å². The Bertz CT molecular complexity index is 566. The molecule has 0 atom stereocenters. The van der Waals surface area contributed by atoms with Crippen molar-refractivity contribution in [3.05, 3.63) is 36.0 Å². The summed E-state index contributed by atoms with van der Waals surface area (Å²) in [4.78, 5) is 15.6. The van der Waals surface area contributed by atoms with Crippen molar-refractivity contribution in [3.8, 4) is 0 Å². The molecule has 1 heterocycles. The molecule has 0 saturated carbocycles. The molecule has 4 nitrogen and oxygen atoms in total. The highest BCUT2D eigenvalue weighted by atomic mass is 16.1. The molecule has 0 unspecified atom stereocenters. The van der Waals surface area contributed by atoms with Crippen LogP contribution >= 0.6 is 0 Å². The van der Waals surface area contributed by atoms with E-state index in [1.54, 1.807) is 7.05 Å². The summed E-state index contributed by atoms with van der Waals surface area (Å²) >= 11 is 0. The van der Waals surface area contributed by atoms with Gasteiger partial charge in [-0.1, -0.05) is 18.2 Å². The number of nitrogens with zero attached hydrogens (tertiary/aromatic N) is 1. The van der Waals surface area contributed by atoms with Gasteiger partial charge in [0.05, 0.1) is 5.52 Å². The first kappa shape index (κ1) is 12.4. The summed E-state index contributed by atoms with van der Waals surface area (Å²) in [5.41, 5.74) is 2.97. The number of hydrogen-bond donors (Lipinski definition) is 2. The van der Waals surface area contributed by atoms with Gasteiger partial charge in [-0.05, 0) is 19.1 Å². The second-order valence-corrected chi connectivity index (χ2v) is 4.18. The number of carbonyl (C=O) groups excluding carboxylic acids is 1. The van der Waals surface area contributed by atoms with Crippen LogP contribution in [-0.4, -0.2) is 24.5 Å². The molecule has 0 aliphatic rings. The fourth-order valence-corrected chi connectivity index (χ4v) is 1.89. The number of aromatic nitrogens is 1. The van der Waals surface area contributed by atoms with Crippen LogP contribution in [0.25, 0.3) is 10.9 Å². The highest BCUT2D eigenvalue weighted by Gasteiger charge is 2.03. The third kappa shape index (κ3) is 2.77. The molecule has 0 fully saturated rings. The number of amides is 1. The predicted molar refractivity (Wildman–Crippen MR) is 73.7 cm³/mol. The quantitative estimate of drug-likeness (QED) is 0.864. The Labute approximate surface area is 106 Å². The molecule has 0 aliphatic carbocycles. The van der Waals surface area contributed by atoms with Crippen molar-refractivity contribution in [1.29, 1.82) is 0 Å². The highest BCUT2D eigenvalue weighted by Crippen LogP contribution is 2.22. The fourth-order valence-electron chi connectivity index (χ4n) is 1.89. The van der Waals surface area contributed by atoms with Crippen LogP contribution in [0, 0.1) is 6.92 Å². The number of rotatable bonds is 4. The first-order valence-corrected chi connectivity index (χ1v) is 6.01. The van der Waals surface area contributed by atoms with E-state index in [1.807, 2.05) is 37.3 Å². The molecule has 0 spiro atoms. The van der Waals surface area contributed by atoms with Gasteiger partial charge in [0.2, 0.25) is 5.91 Å². The van der Waals surface area contributed by atoms with Gasteiger partial charge in [0.25, 0.3) is 0 Å². The molecule has 0 bridgehead atoms. The Kier molecular flexibility index (Phi) is 3.77. The molecule has 0 aliphatic heterocycles. The maximum Gasteiger partial charge on any atom is 0.221 e. The lowest BCUT2D eigenvalue weighted by atomic mass is 10.1. The van der Waals surface area contributed by atoms with Gasteiger partial charge >= 0.3 is 0 Å². The van der Waals surface area contributed by atoms with Crippen molar-refractivity contribution in [2.75, 3.05) is 18.9 Å². The van der Waals surface area contributed by atoms with Gasteiger partial charge in [0.15, 0.2) is 0 Å². The Morgan fingerprint density at radius 3 is 2.89 bits per heavy atom. The average molecular weight is 243 g/mol. The summed E-state index contributed by atoms with van der Waals surface area (Å²) in [7, 11) is 1.65. The minimum Gasteiger partial charge on any atom is -0.384 e. The van der Waals surface area contributed by atoms with Crippen LogP contribution in [-0.2, 0) is 4.79 Å². The lowest BCUT2D eigenvalue weighted by Crippen LogP contribution is -2.20. The number of hydrogen-bond acceptors (Lipinski definition) is 3. The number of nitrogens with one attached hydrogen (secondary N) is 2. The molecule has 2 rings (SSSR count). The molecule has 94 valence electrons. The average Bonchev–Trinajstić information content (AvgIpc) is 2.38. The van der Waals surface area contributed by atoms with Crippen LogP contribution in [0.15, 0.2) is 30.3 Å². The standard InChI is InChI=1S/C14H17N3O/c1-10-9-13(16-8-7-14(18)15-2)11-5-3-4-6-12(11)17-10/h3-6,9H,7-8H2,1-2H3,(H,15,18)(H,16,17). The summed E-state index contributed by atoms with van der Waals surface area (Å²) in [6.45, 7) is 2.59. The smallest absolute Gasteiger partial charge is 0.221 e. The Hall–Kier alpha value is -2.10. The SMILES string of the molecule is CNC(=O)CCNc1cc(C)nc2ccccc12. The third-order valence-electron chi connectivity index (χ3n) is 2.79. The normalized spacial score (nSPS) is 10.3. The first-order chi connectivity index (χ1) is 8.70. The number of para-hydroxylation sites is 1. The fraction of sp³-hybridized carbons (Fsp3) is 0.286. The van der Waals surface area contributed by atoms with E-state index in [1.165, 1.54) is 0 Å². The molecule has 0 radical (unpaired) electrons. The number of aryl methyl sites for hydroxylation is 1. The third-order valence-corrected chi connectivity index (χ3v) is 2.79. The number of anilines is 1. The highest BCUT2D eigenvalue weighted by molar-refractivity contribution is 5.91. The molecule has 2 aromatic rings. The van der Waals surface area contributed by atoms with E-state index in [0.717, 1.165) is 22.3 Å². The molecule has 2 N–H and O–H groups in total. The Morgan fingerprint density at radius 2 is 2.11 bits per heavy atom. The van der Waals surface area contributed by atoms with Gasteiger partial charge in [-0.25, -0.2) is 0 Å². The van der Waals surface area contributed by atoms with Crippen molar-refractivity contribution < 1.29 is 4.79 Å². The van der Waals surface area contributed by atoms with Gasteiger partial charge in [-0.2, -0.15) is 0 Å². The Morgan fingerprint density at radius 1 is 1.33 bits per heavy atom. The molecule has 1 amide bonds. The molecular formula is C14H17N3O. The molecule has 1 aromatic carbocycles. The monoisotopic (exact) mass is 243 g/mol. The largest absolute Gasteiger partial charge is 0.384 e. The van der Waals surface area contributed by atoms with Gasteiger partial charge in [-0.15, -0.1) is 0 Å². The zero-order valence-corrected chi connectivity index (χ0v) is 10.7. The van der Waals surface area contributed by atoms with E-state index in [0.29, 0.717) is 13.0 Å². The van der Waals surface area contributed by atoms with Crippen LogP contribution in [0.1, 0.15) is 12.1 Å². The van der Waals surface area contributed by atoms with Gasteiger partial charge in [0, 0.05) is 36.8 Å². The van der Waals surface area contributed by atoms with Crippen molar-refractivity contribution >= 4 is 22.5 Å². The summed E-state index contributed by atoms with van der Waals surface area (Å²) in [6, 6.07) is 9.99. The molecular weight excluding hydrogens is 226 g/mol.